The first-order valence-electron chi connectivity index (χ1n) is 8.77. The summed E-state index contributed by atoms with van der Waals surface area (Å²) in [5, 5.41) is 3.30. The molecule has 0 aliphatic heterocycles. The molecule has 28 heavy (non-hydrogen) atoms. The highest BCUT2D eigenvalue weighted by atomic mass is 32.1. The highest BCUT2D eigenvalue weighted by molar-refractivity contribution is 7.20. The van der Waals surface area contributed by atoms with E-state index in [-0.39, 0.29) is 23.9 Å². The topological polar surface area (TPSA) is 84.3 Å². The quantitative estimate of drug-likeness (QED) is 0.732. The van der Waals surface area contributed by atoms with Crippen molar-refractivity contribution in [1.82, 2.24) is 14.5 Å². The average molecular weight is 398 g/mol. The number of hydrogen-bond acceptors (Lipinski definition) is 5. The van der Waals surface area contributed by atoms with Crippen molar-refractivity contribution in [1.29, 1.82) is 0 Å². The second-order valence-corrected chi connectivity index (χ2v) is 7.85. The fourth-order valence-electron chi connectivity index (χ4n) is 2.95. The molecule has 7 nitrogen and oxygen atoms in total. The van der Waals surface area contributed by atoms with Crippen LogP contribution < -0.4 is 10.9 Å². The Labute approximate surface area is 166 Å². The van der Waals surface area contributed by atoms with Crippen molar-refractivity contribution in [2.24, 2.45) is 7.05 Å². The Morgan fingerprint density at radius 2 is 1.93 bits per heavy atom. The molecule has 0 atom stereocenters. The molecule has 146 valence electrons. The van der Waals surface area contributed by atoms with Crippen molar-refractivity contribution >= 4 is 39.1 Å². The lowest BCUT2D eigenvalue weighted by Gasteiger charge is -2.17. The summed E-state index contributed by atoms with van der Waals surface area (Å²) in [6, 6.07) is 5.68. The first-order valence-corrected chi connectivity index (χ1v) is 9.58. The van der Waals surface area contributed by atoms with Gasteiger partial charge in [0.05, 0.1) is 23.1 Å². The van der Waals surface area contributed by atoms with E-state index in [0.29, 0.717) is 20.7 Å². The Morgan fingerprint density at radius 1 is 1.21 bits per heavy atom. The van der Waals surface area contributed by atoms with Crippen LogP contribution in [0, 0.1) is 20.8 Å². The van der Waals surface area contributed by atoms with E-state index in [1.54, 1.807) is 21.0 Å². The van der Waals surface area contributed by atoms with E-state index in [1.807, 2.05) is 32.0 Å². The molecule has 0 aliphatic rings. The van der Waals surface area contributed by atoms with Gasteiger partial charge in [-0.25, -0.2) is 4.98 Å². The molecule has 3 aromatic rings. The summed E-state index contributed by atoms with van der Waals surface area (Å²) in [4.78, 5) is 44.1. The first-order chi connectivity index (χ1) is 13.2. The third kappa shape index (κ3) is 3.55. The lowest BCUT2D eigenvalue weighted by atomic mass is 10.1. The van der Waals surface area contributed by atoms with Crippen molar-refractivity contribution in [3.05, 3.63) is 56.4 Å². The molecule has 0 saturated carbocycles. The minimum atomic E-state index is -0.307. The zero-order valence-corrected chi connectivity index (χ0v) is 17.3. The summed E-state index contributed by atoms with van der Waals surface area (Å²) in [7, 11) is 3.19. The molecule has 8 heteroatoms. The number of aryl methyl sites for hydroxylation is 3. The van der Waals surface area contributed by atoms with E-state index in [4.69, 9.17) is 0 Å². The number of nitrogens with one attached hydrogen (secondary N) is 1. The Balaban J connectivity index is 1.79. The molecular weight excluding hydrogens is 376 g/mol. The normalized spacial score (nSPS) is 10.9. The number of benzene rings is 1. The summed E-state index contributed by atoms with van der Waals surface area (Å²) >= 11 is 1.17. The number of carbonyl (C=O) groups is 2. The van der Waals surface area contributed by atoms with Crippen LogP contribution in [0.2, 0.25) is 0 Å². The predicted molar refractivity (Wildman–Crippen MR) is 111 cm³/mol. The Hall–Kier alpha value is -3.00. The summed E-state index contributed by atoms with van der Waals surface area (Å²) in [5.74, 6) is -0.587. The van der Waals surface area contributed by atoms with Gasteiger partial charge < -0.3 is 14.8 Å². The maximum absolute atomic E-state index is 12.9. The minimum Gasteiger partial charge on any atom is -0.332 e. The number of fused-ring (bicyclic) bond motifs is 1. The van der Waals surface area contributed by atoms with E-state index in [2.05, 4.69) is 10.3 Å². The van der Waals surface area contributed by atoms with E-state index in [0.717, 1.165) is 16.8 Å². The molecule has 0 spiro atoms. The number of nitrogens with zero attached hydrogens (tertiary/aromatic N) is 3. The van der Waals surface area contributed by atoms with Crippen LogP contribution in [0.4, 0.5) is 5.69 Å². The van der Waals surface area contributed by atoms with Crippen LogP contribution in [0.25, 0.3) is 10.2 Å². The summed E-state index contributed by atoms with van der Waals surface area (Å²) in [5.41, 5.74) is 3.22. The SMILES string of the molecule is Cc1cccc(NC(=O)CN(C)C(=O)c2sc3ncn(C)c(=O)c3c2C)c1C. The minimum absolute atomic E-state index is 0.0919. The third-order valence-corrected chi connectivity index (χ3v) is 6.00. The fraction of sp³-hybridized carbons (Fsp3) is 0.300. The van der Waals surface area contributed by atoms with Gasteiger partial charge in [0.25, 0.3) is 11.5 Å². The number of rotatable bonds is 4. The molecule has 0 unspecified atom stereocenters. The first kappa shape index (κ1) is 19.8. The van der Waals surface area contributed by atoms with Gasteiger partial charge >= 0.3 is 0 Å². The summed E-state index contributed by atoms with van der Waals surface area (Å²) in [6.45, 7) is 5.56. The number of thiophene rings is 1. The Bertz CT molecular complexity index is 1150. The molecule has 0 fully saturated rings. The molecule has 0 aliphatic carbocycles. The predicted octanol–water partition coefficient (Wildman–Crippen LogP) is 2.63. The van der Waals surface area contributed by atoms with Gasteiger partial charge in [0.1, 0.15) is 4.83 Å². The molecule has 2 heterocycles. The van der Waals surface area contributed by atoms with E-state index < -0.39 is 0 Å². The van der Waals surface area contributed by atoms with Gasteiger partial charge in [-0.1, -0.05) is 12.1 Å². The summed E-state index contributed by atoms with van der Waals surface area (Å²) < 4.78 is 1.39. The van der Waals surface area contributed by atoms with Gasteiger partial charge in [0, 0.05) is 19.8 Å². The van der Waals surface area contributed by atoms with Gasteiger partial charge in [0.15, 0.2) is 0 Å². The number of aromatic nitrogens is 2. The molecule has 2 amide bonds. The Kier molecular flexibility index (Phi) is 5.33. The highest BCUT2D eigenvalue weighted by Crippen LogP contribution is 2.27. The van der Waals surface area contributed by atoms with Crippen LogP contribution in [0.3, 0.4) is 0 Å². The second kappa shape index (κ2) is 7.55. The van der Waals surface area contributed by atoms with Crippen LogP contribution in [0.5, 0.6) is 0 Å². The molecule has 0 bridgehead atoms. The smallest absolute Gasteiger partial charge is 0.264 e. The molecule has 0 saturated heterocycles. The maximum Gasteiger partial charge on any atom is 0.264 e. The second-order valence-electron chi connectivity index (χ2n) is 6.85. The molecule has 1 N–H and O–H groups in total. The lowest BCUT2D eigenvalue weighted by Crippen LogP contribution is -2.35. The van der Waals surface area contributed by atoms with Gasteiger partial charge in [-0.2, -0.15) is 0 Å². The van der Waals surface area contributed by atoms with Crippen LogP contribution in [-0.4, -0.2) is 39.9 Å². The number of likely N-dealkylation sites (N-methyl/N-ethyl adjacent to an activating group) is 1. The lowest BCUT2D eigenvalue weighted by molar-refractivity contribution is -0.116. The molecule has 2 aromatic heterocycles. The van der Waals surface area contributed by atoms with Gasteiger partial charge in [-0.05, 0) is 43.5 Å². The van der Waals surface area contributed by atoms with Crippen molar-refractivity contribution in [3.8, 4) is 0 Å². The standard InChI is InChI=1S/C20H22N4O3S/c1-11-7-6-8-14(12(11)2)22-15(25)9-23(4)20(27)17-13(3)16-18(28-17)21-10-24(5)19(16)26/h6-8,10H,9H2,1-5H3,(H,22,25). The number of amides is 2. The number of carbonyl (C=O) groups excluding carboxylic acids is 2. The van der Waals surface area contributed by atoms with E-state index >= 15 is 0 Å². The number of hydrogen-bond donors (Lipinski definition) is 1. The zero-order chi connectivity index (χ0) is 20.6. The maximum atomic E-state index is 12.9. The monoisotopic (exact) mass is 398 g/mol. The van der Waals surface area contributed by atoms with Crippen LogP contribution in [-0.2, 0) is 11.8 Å². The van der Waals surface area contributed by atoms with Crippen molar-refractivity contribution in [2.75, 3.05) is 18.9 Å². The molecule has 0 radical (unpaired) electrons. The average Bonchev–Trinajstić information content (AvgIpc) is 2.98. The Morgan fingerprint density at radius 3 is 2.64 bits per heavy atom. The van der Waals surface area contributed by atoms with Crippen molar-refractivity contribution < 1.29 is 9.59 Å². The third-order valence-electron chi connectivity index (χ3n) is 4.81. The largest absolute Gasteiger partial charge is 0.332 e. The van der Waals surface area contributed by atoms with Crippen LogP contribution in [0.15, 0.2) is 29.3 Å². The fourth-order valence-corrected chi connectivity index (χ4v) is 4.08. The molecule has 1 aromatic carbocycles. The van der Waals surface area contributed by atoms with E-state index in [1.165, 1.54) is 27.1 Å². The molecular formula is C20H22N4O3S. The number of anilines is 1. The van der Waals surface area contributed by atoms with Crippen LogP contribution in [0.1, 0.15) is 26.4 Å². The van der Waals surface area contributed by atoms with Crippen molar-refractivity contribution in [3.63, 3.8) is 0 Å². The van der Waals surface area contributed by atoms with E-state index in [9.17, 15) is 14.4 Å². The van der Waals surface area contributed by atoms with Crippen molar-refractivity contribution in [2.45, 2.75) is 20.8 Å². The van der Waals surface area contributed by atoms with Gasteiger partial charge in [0.2, 0.25) is 5.91 Å². The van der Waals surface area contributed by atoms with Crippen LogP contribution >= 0.6 is 11.3 Å². The van der Waals surface area contributed by atoms with Gasteiger partial charge in [-0.3, -0.25) is 14.4 Å². The highest BCUT2D eigenvalue weighted by Gasteiger charge is 2.23. The van der Waals surface area contributed by atoms with Gasteiger partial charge in [-0.15, -0.1) is 11.3 Å². The zero-order valence-electron chi connectivity index (χ0n) is 16.5. The summed E-state index contributed by atoms with van der Waals surface area (Å²) in [6.07, 6.45) is 1.44. The molecule has 3 rings (SSSR count).